The van der Waals surface area contributed by atoms with Crippen LogP contribution in [0.5, 0.6) is 0 Å². The normalized spacial score (nSPS) is 12.9. The van der Waals surface area contributed by atoms with Crippen LogP contribution in [0.4, 0.5) is 0 Å². The van der Waals surface area contributed by atoms with Gasteiger partial charge in [0.1, 0.15) is 12.1 Å². The minimum absolute atomic E-state index is 0.0636. The van der Waals surface area contributed by atoms with Crippen LogP contribution in [0.2, 0.25) is 0 Å². The predicted molar refractivity (Wildman–Crippen MR) is 117 cm³/mol. The smallest absolute Gasteiger partial charge is 0.329 e. The Bertz CT molecular complexity index is 1180. The van der Waals surface area contributed by atoms with Crippen LogP contribution >= 0.6 is 0 Å². The van der Waals surface area contributed by atoms with Gasteiger partial charge in [-0.2, -0.15) is 0 Å². The maximum atomic E-state index is 13.2. The molecule has 0 saturated carbocycles. The van der Waals surface area contributed by atoms with E-state index in [0.29, 0.717) is 11.9 Å². The second-order valence-corrected chi connectivity index (χ2v) is 7.40. The number of carboxylic acids is 1. The number of benzene rings is 2. The first-order chi connectivity index (χ1) is 14.9. The number of fused-ring (bicyclic) bond motifs is 1. The summed E-state index contributed by atoms with van der Waals surface area (Å²) in [5, 5.41) is 12.3. The number of amides is 1. The molecule has 8 heteroatoms. The van der Waals surface area contributed by atoms with Crippen molar-refractivity contribution in [3.05, 3.63) is 81.0 Å². The van der Waals surface area contributed by atoms with Gasteiger partial charge in [0, 0.05) is 6.42 Å². The van der Waals surface area contributed by atoms with E-state index < -0.39 is 35.2 Å². The van der Waals surface area contributed by atoms with E-state index in [1.54, 1.807) is 48.5 Å². The number of carboxylic acid groups (broad SMARTS) is 1. The van der Waals surface area contributed by atoms with E-state index in [1.165, 1.54) is 0 Å². The van der Waals surface area contributed by atoms with E-state index in [0.717, 1.165) is 16.6 Å². The highest BCUT2D eigenvalue weighted by molar-refractivity contribution is 5.86. The Morgan fingerprint density at radius 2 is 1.74 bits per heavy atom. The molecule has 162 valence electrons. The average Bonchev–Trinajstić information content (AvgIpc) is 2.76. The highest BCUT2D eigenvalue weighted by Gasteiger charge is 2.29. The molecule has 3 rings (SSSR count). The van der Waals surface area contributed by atoms with Gasteiger partial charge in [0.15, 0.2) is 0 Å². The summed E-state index contributed by atoms with van der Waals surface area (Å²) >= 11 is 0. The molecule has 0 bridgehead atoms. The lowest BCUT2D eigenvalue weighted by Crippen LogP contribution is -2.49. The molecule has 0 saturated heterocycles. The summed E-state index contributed by atoms with van der Waals surface area (Å²) in [5.74, 6) is -1.84. The van der Waals surface area contributed by atoms with Crippen LogP contribution < -0.4 is 16.6 Å². The highest BCUT2D eigenvalue weighted by Crippen LogP contribution is 2.14. The van der Waals surface area contributed by atoms with Crippen LogP contribution in [-0.4, -0.2) is 32.6 Å². The minimum Gasteiger partial charge on any atom is -0.480 e. The summed E-state index contributed by atoms with van der Waals surface area (Å²) in [6, 6.07) is 13.2. The van der Waals surface area contributed by atoms with Gasteiger partial charge < -0.3 is 15.4 Å². The van der Waals surface area contributed by atoms with Crippen molar-refractivity contribution < 1.29 is 14.7 Å². The topological polar surface area (TPSA) is 121 Å². The SMILES string of the molecule is CCCC[C@@H](NC(=O)[C@@H](Cc1ccccc1)n1c(=O)[nH]c2ccccc2c1=O)C(=O)O. The molecule has 8 nitrogen and oxygen atoms in total. The van der Waals surface area contributed by atoms with Gasteiger partial charge in [-0.25, -0.2) is 14.2 Å². The summed E-state index contributed by atoms with van der Waals surface area (Å²) < 4.78 is 0.878. The highest BCUT2D eigenvalue weighted by atomic mass is 16.4. The molecular formula is C23H25N3O5. The van der Waals surface area contributed by atoms with Crippen molar-refractivity contribution >= 4 is 22.8 Å². The average molecular weight is 423 g/mol. The molecule has 2 aromatic carbocycles. The van der Waals surface area contributed by atoms with Crippen LogP contribution in [0.15, 0.2) is 64.2 Å². The maximum Gasteiger partial charge on any atom is 0.329 e. The lowest BCUT2D eigenvalue weighted by Gasteiger charge is -2.22. The third-order valence-corrected chi connectivity index (χ3v) is 5.18. The number of carbonyl (C=O) groups excluding carboxylic acids is 1. The van der Waals surface area contributed by atoms with Gasteiger partial charge in [-0.05, 0) is 24.1 Å². The van der Waals surface area contributed by atoms with Crippen molar-refractivity contribution in [1.82, 2.24) is 14.9 Å². The number of rotatable bonds is 9. The number of aromatic nitrogens is 2. The molecule has 0 aliphatic heterocycles. The lowest BCUT2D eigenvalue weighted by molar-refractivity contribution is -0.142. The van der Waals surface area contributed by atoms with Gasteiger partial charge in [-0.1, -0.05) is 62.2 Å². The van der Waals surface area contributed by atoms with Crippen molar-refractivity contribution in [2.75, 3.05) is 0 Å². The maximum absolute atomic E-state index is 13.2. The van der Waals surface area contributed by atoms with E-state index >= 15 is 0 Å². The standard InChI is InChI=1S/C23H25N3O5/c1-2-3-12-18(22(29)30)24-20(27)19(14-15-9-5-4-6-10-15)26-21(28)16-11-7-8-13-17(16)25-23(26)31/h4-11,13,18-19H,2-3,12,14H2,1H3,(H,24,27)(H,25,31)(H,29,30)/t18-,19-/m1/s1. The van der Waals surface area contributed by atoms with Crippen molar-refractivity contribution in [1.29, 1.82) is 0 Å². The number of nitrogens with zero attached hydrogens (tertiary/aromatic N) is 1. The van der Waals surface area contributed by atoms with Gasteiger partial charge in [-0.15, -0.1) is 0 Å². The molecule has 3 N–H and O–H groups in total. The number of aliphatic carboxylic acids is 1. The van der Waals surface area contributed by atoms with Gasteiger partial charge in [0.25, 0.3) is 5.56 Å². The number of carbonyl (C=O) groups is 2. The fourth-order valence-electron chi connectivity index (χ4n) is 3.53. The summed E-state index contributed by atoms with van der Waals surface area (Å²) in [4.78, 5) is 53.4. The Labute approximate surface area is 178 Å². The minimum atomic E-state index is -1.20. The molecule has 0 spiro atoms. The number of hydrogen-bond donors (Lipinski definition) is 3. The van der Waals surface area contributed by atoms with Gasteiger partial charge in [-0.3, -0.25) is 9.59 Å². The zero-order valence-electron chi connectivity index (χ0n) is 17.2. The first kappa shape index (κ1) is 22.0. The van der Waals surface area contributed by atoms with Crippen molar-refractivity contribution in [2.45, 2.75) is 44.7 Å². The zero-order valence-corrected chi connectivity index (χ0v) is 17.2. The van der Waals surface area contributed by atoms with E-state index in [2.05, 4.69) is 10.3 Å². The Morgan fingerprint density at radius 3 is 2.42 bits per heavy atom. The van der Waals surface area contributed by atoms with Crippen LogP contribution in [0.1, 0.15) is 37.8 Å². The number of unbranched alkanes of at least 4 members (excludes halogenated alkanes) is 1. The summed E-state index contributed by atoms with van der Waals surface area (Å²) in [6.45, 7) is 1.92. The second kappa shape index (κ2) is 9.88. The number of aromatic amines is 1. The summed E-state index contributed by atoms with van der Waals surface area (Å²) in [5.41, 5.74) is -0.211. The monoisotopic (exact) mass is 423 g/mol. The number of hydrogen-bond acceptors (Lipinski definition) is 4. The molecule has 3 aromatic rings. The molecule has 0 unspecified atom stereocenters. The van der Waals surface area contributed by atoms with Gasteiger partial charge in [0.05, 0.1) is 10.9 Å². The molecule has 1 aromatic heterocycles. The third kappa shape index (κ3) is 5.09. The largest absolute Gasteiger partial charge is 0.480 e. The van der Waals surface area contributed by atoms with E-state index in [-0.39, 0.29) is 18.2 Å². The number of para-hydroxylation sites is 1. The molecule has 2 atom stereocenters. The molecule has 31 heavy (non-hydrogen) atoms. The van der Waals surface area contributed by atoms with E-state index in [9.17, 15) is 24.3 Å². The number of H-pyrrole nitrogens is 1. The Hall–Kier alpha value is -3.68. The van der Waals surface area contributed by atoms with Crippen molar-refractivity contribution in [3.63, 3.8) is 0 Å². The Morgan fingerprint density at radius 1 is 1.06 bits per heavy atom. The quantitative estimate of drug-likeness (QED) is 0.487. The van der Waals surface area contributed by atoms with Crippen LogP contribution in [-0.2, 0) is 16.0 Å². The third-order valence-electron chi connectivity index (χ3n) is 5.18. The zero-order chi connectivity index (χ0) is 22.4. The molecule has 1 amide bonds. The van der Waals surface area contributed by atoms with Crippen LogP contribution in [0.25, 0.3) is 10.9 Å². The second-order valence-electron chi connectivity index (χ2n) is 7.40. The van der Waals surface area contributed by atoms with Gasteiger partial charge in [0.2, 0.25) is 5.91 Å². The van der Waals surface area contributed by atoms with Crippen LogP contribution in [0, 0.1) is 0 Å². The Balaban J connectivity index is 2.06. The fraction of sp³-hybridized carbons (Fsp3) is 0.304. The van der Waals surface area contributed by atoms with Crippen LogP contribution in [0.3, 0.4) is 0 Å². The Kier molecular flexibility index (Phi) is 7.02. The fourth-order valence-corrected chi connectivity index (χ4v) is 3.53. The van der Waals surface area contributed by atoms with Gasteiger partial charge >= 0.3 is 11.7 Å². The van der Waals surface area contributed by atoms with E-state index in [4.69, 9.17) is 0 Å². The number of nitrogens with one attached hydrogen (secondary N) is 2. The molecule has 1 heterocycles. The molecule has 0 aliphatic carbocycles. The summed E-state index contributed by atoms with van der Waals surface area (Å²) in [7, 11) is 0. The van der Waals surface area contributed by atoms with E-state index in [1.807, 2.05) is 13.0 Å². The molecule has 0 radical (unpaired) electrons. The lowest BCUT2D eigenvalue weighted by atomic mass is 10.0. The molecule has 0 aliphatic rings. The molecular weight excluding hydrogens is 398 g/mol. The molecule has 0 fully saturated rings. The predicted octanol–water partition coefficient (Wildman–Crippen LogP) is 2.23. The summed E-state index contributed by atoms with van der Waals surface area (Å²) in [6.07, 6.45) is 1.72. The van der Waals surface area contributed by atoms with Crippen molar-refractivity contribution in [2.24, 2.45) is 0 Å². The van der Waals surface area contributed by atoms with Crippen molar-refractivity contribution in [3.8, 4) is 0 Å². The first-order valence-electron chi connectivity index (χ1n) is 10.2. The first-order valence-corrected chi connectivity index (χ1v) is 10.2.